The first-order chi connectivity index (χ1) is 15.1. The van der Waals surface area contributed by atoms with Crippen molar-refractivity contribution in [2.24, 2.45) is 10.9 Å². The second-order valence-electron chi connectivity index (χ2n) is 7.65. The number of nitrogens with zero attached hydrogens (tertiary/aromatic N) is 2. The van der Waals surface area contributed by atoms with Gasteiger partial charge in [0.15, 0.2) is 17.5 Å². The Morgan fingerprint density at radius 2 is 1.81 bits per heavy atom. The van der Waals surface area contributed by atoms with E-state index in [2.05, 4.69) is 15.6 Å². The van der Waals surface area contributed by atoms with Crippen molar-refractivity contribution >= 4 is 16.0 Å². The van der Waals surface area contributed by atoms with Crippen molar-refractivity contribution in [2.75, 3.05) is 33.5 Å². The molecule has 8 nitrogen and oxygen atoms in total. The van der Waals surface area contributed by atoms with Gasteiger partial charge in [-0.3, -0.25) is 4.99 Å². The fourth-order valence-electron chi connectivity index (χ4n) is 3.79. The van der Waals surface area contributed by atoms with Crippen LogP contribution in [-0.4, -0.2) is 52.2 Å². The fraction of sp³-hybridized carbons (Fsp3) is 0.409. The van der Waals surface area contributed by atoms with Crippen LogP contribution in [0.5, 0.6) is 11.5 Å². The highest BCUT2D eigenvalue weighted by Gasteiger charge is 2.29. The maximum Gasteiger partial charge on any atom is 0.243 e. The second-order valence-corrected chi connectivity index (χ2v) is 9.59. The van der Waals surface area contributed by atoms with Gasteiger partial charge in [-0.25, -0.2) is 8.42 Å². The summed E-state index contributed by atoms with van der Waals surface area (Å²) < 4.78 is 37.9. The van der Waals surface area contributed by atoms with Gasteiger partial charge in [0.25, 0.3) is 0 Å². The molecule has 2 N–H and O–H groups in total. The zero-order valence-corrected chi connectivity index (χ0v) is 18.4. The number of aliphatic imine (C=N–C) groups is 1. The van der Waals surface area contributed by atoms with Crippen molar-refractivity contribution < 1.29 is 17.9 Å². The molecular weight excluding hydrogens is 416 g/mol. The van der Waals surface area contributed by atoms with Gasteiger partial charge in [0.1, 0.15) is 0 Å². The van der Waals surface area contributed by atoms with E-state index < -0.39 is 10.0 Å². The smallest absolute Gasteiger partial charge is 0.243 e. The van der Waals surface area contributed by atoms with Crippen LogP contribution in [0, 0.1) is 5.92 Å². The summed E-state index contributed by atoms with van der Waals surface area (Å²) >= 11 is 0. The minimum Gasteiger partial charge on any atom is -0.454 e. The van der Waals surface area contributed by atoms with Crippen LogP contribution < -0.4 is 20.1 Å². The van der Waals surface area contributed by atoms with Crippen molar-refractivity contribution in [2.45, 2.75) is 24.3 Å². The lowest BCUT2D eigenvalue weighted by Crippen LogP contribution is -2.44. The van der Waals surface area contributed by atoms with Crippen LogP contribution in [0.2, 0.25) is 0 Å². The van der Waals surface area contributed by atoms with Crippen LogP contribution in [0.3, 0.4) is 0 Å². The predicted octanol–water partition coefficient (Wildman–Crippen LogP) is 2.18. The summed E-state index contributed by atoms with van der Waals surface area (Å²) in [7, 11) is -1.67. The summed E-state index contributed by atoms with van der Waals surface area (Å²) in [5, 5.41) is 6.67. The molecule has 1 saturated heterocycles. The highest BCUT2D eigenvalue weighted by Crippen LogP contribution is 2.32. The Morgan fingerprint density at radius 1 is 1.06 bits per heavy atom. The molecule has 0 spiro atoms. The van der Waals surface area contributed by atoms with E-state index in [4.69, 9.17) is 9.47 Å². The monoisotopic (exact) mass is 444 g/mol. The number of guanidine groups is 1. The molecule has 31 heavy (non-hydrogen) atoms. The van der Waals surface area contributed by atoms with E-state index in [-0.39, 0.29) is 6.79 Å². The third-order valence-corrected chi connectivity index (χ3v) is 7.55. The molecule has 0 saturated carbocycles. The summed E-state index contributed by atoms with van der Waals surface area (Å²) in [5.74, 6) is 2.65. The number of hydrogen-bond donors (Lipinski definition) is 2. The molecule has 1 fully saturated rings. The number of sulfonamides is 1. The fourth-order valence-corrected chi connectivity index (χ4v) is 5.28. The van der Waals surface area contributed by atoms with Gasteiger partial charge in [0.05, 0.1) is 4.90 Å². The van der Waals surface area contributed by atoms with Gasteiger partial charge in [-0.15, -0.1) is 0 Å². The first kappa shape index (κ1) is 21.5. The third kappa shape index (κ3) is 5.11. The van der Waals surface area contributed by atoms with E-state index in [1.165, 1.54) is 0 Å². The Bertz CT molecular complexity index is 1020. The SMILES string of the molecule is CN=C(NCc1ccc2c(c1)OCO2)NCC1CCN(S(=O)(=O)c2ccccc2)CC1. The molecule has 2 heterocycles. The number of piperidine rings is 1. The first-order valence-electron chi connectivity index (χ1n) is 10.4. The molecule has 0 unspecified atom stereocenters. The molecular formula is C22H28N4O4S. The zero-order valence-electron chi connectivity index (χ0n) is 17.6. The molecule has 2 aromatic carbocycles. The summed E-state index contributed by atoms with van der Waals surface area (Å²) in [6, 6.07) is 14.5. The number of ether oxygens (including phenoxy) is 2. The van der Waals surface area contributed by atoms with E-state index in [0.29, 0.717) is 30.4 Å². The molecule has 0 aliphatic carbocycles. The minimum absolute atomic E-state index is 0.265. The van der Waals surface area contributed by atoms with Gasteiger partial charge < -0.3 is 20.1 Å². The van der Waals surface area contributed by atoms with Crippen molar-refractivity contribution in [1.29, 1.82) is 0 Å². The Kier molecular flexibility index (Phi) is 6.62. The van der Waals surface area contributed by atoms with Crippen molar-refractivity contribution in [3.63, 3.8) is 0 Å². The minimum atomic E-state index is -3.41. The van der Waals surface area contributed by atoms with E-state index in [1.807, 2.05) is 24.3 Å². The number of benzene rings is 2. The molecule has 2 aliphatic rings. The Hall–Kier alpha value is -2.78. The molecule has 0 bridgehead atoms. The Labute approximate surface area is 183 Å². The van der Waals surface area contributed by atoms with Gasteiger partial charge in [-0.05, 0) is 48.6 Å². The lowest BCUT2D eigenvalue weighted by atomic mass is 9.98. The Balaban J connectivity index is 1.23. The lowest BCUT2D eigenvalue weighted by Gasteiger charge is -2.31. The number of fused-ring (bicyclic) bond motifs is 1. The van der Waals surface area contributed by atoms with E-state index in [0.717, 1.165) is 42.4 Å². The van der Waals surface area contributed by atoms with Crippen molar-refractivity contribution in [3.05, 3.63) is 54.1 Å². The van der Waals surface area contributed by atoms with E-state index in [9.17, 15) is 8.42 Å². The van der Waals surface area contributed by atoms with Gasteiger partial charge in [-0.1, -0.05) is 24.3 Å². The van der Waals surface area contributed by atoms with Gasteiger partial charge in [-0.2, -0.15) is 4.31 Å². The maximum atomic E-state index is 12.8. The number of rotatable bonds is 6. The molecule has 2 aromatic rings. The third-order valence-electron chi connectivity index (χ3n) is 5.63. The number of hydrogen-bond acceptors (Lipinski definition) is 5. The lowest BCUT2D eigenvalue weighted by molar-refractivity contribution is 0.174. The van der Waals surface area contributed by atoms with E-state index in [1.54, 1.807) is 35.6 Å². The van der Waals surface area contributed by atoms with Crippen LogP contribution in [0.25, 0.3) is 0 Å². The van der Waals surface area contributed by atoms with E-state index >= 15 is 0 Å². The normalized spacial score (nSPS) is 17.5. The largest absolute Gasteiger partial charge is 0.454 e. The van der Waals surface area contributed by atoms with Crippen LogP contribution in [0.1, 0.15) is 18.4 Å². The average molecular weight is 445 g/mol. The summed E-state index contributed by atoms with van der Waals surface area (Å²) in [6.07, 6.45) is 1.64. The van der Waals surface area contributed by atoms with Gasteiger partial charge in [0, 0.05) is 33.2 Å². The predicted molar refractivity (Wildman–Crippen MR) is 119 cm³/mol. The topological polar surface area (TPSA) is 92.3 Å². The maximum absolute atomic E-state index is 12.8. The molecule has 2 aliphatic heterocycles. The highest BCUT2D eigenvalue weighted by molar-refractivity contribution is 7.89. The average Bonchev–Trinajstić information content (AvgIpc) is 3.28. The summed E-state index contributed by atoms with van der Waals surface area (Å²) in [4.78, 5) is 4.65. The van der Waals surface area contributed by atoms with Gasteiger partial charge in [0.2, 0.25) is 16.8 Å². The molecule has 4 rings (SSSR count). The molecule has 0 amide bonds. The molecule has 0 aromatic heterocycles. The highest BCUT2D eigenvalue weighted by atomic mass is 32.2. The zero-order chi connectivity index (χ0) is 21.7. The molecule has 9 heteroatoms. The number of nitrogens with one attached hydrogen (secondary N) is 2. The van der Waals surface area contributed by atoms with Crippen LogP contribution in [0.15, 0.2) is 58.4 Å². The summed E-state index contributed by atoms with van der Waals surface area (Å²) in [5.41, 5.74) is 1.08. The second kappa shape index (κ2) is 9.57. The molecule has 0 radical (unpaired) electrons. The molecule has 166 valence electrons. The van der Waals surface area contributed by atoms with Crippen molar-refractivity contribution in [3.8, 4) is 11.5 Å². The molecule has 0 atom stereocenters. The van der Waals surface area contributed by atoms with Crippen LogP contribution >= 0.6 is 0 Å². The van der Waals surface area contributed by atoms with Crippen LogP contribution in [-0.2, 0) is 16.6 Å². The quantitative estimate of drug-likeness (QED) is 0.524. The summed E-state index contributed by atoms with van der Waals surface area (Å²) in [6.45, 7) is 2.70. The Morgan fingerprint density at radius 3 is 2.55 bits per heavy atom. The standard InChI is InChI=1S/C22H28N4O4S/c1-23-22(25-15-18-7-8-20-21(13-18)30-16-29-20)24-14-17-9-11-26(12-10-17)31(27,28)19-5-3-2-4-6-19/h2-8,13,17H,9-12,14-16H2,1H3,(H2,23,24,25). The van der Waals surface area contributed by atoms with Gasteiger partial charge >= 0.3 is 0 Å². The van der Waals surface area contributed by atoms with Crippen LogP contribution in [0.4, 0.5) is 0 Å². The first-order valence-corrected chi connectivity index (χ1v) is 11.9. The van der Waals surface area contributed by atoms with Crippen molar-refractivity contribution in [1.82, 2.24) is 14.9 Å².